The minimum atomic E-state index is 0.902. The van der Waals surface area contributed by atoms with Crippen molar-refractivity contribution in [2.45, 2.75) is 12.8 Å². The Morgan fingerprint density at radius 1 is 0.323 bits per heavy atom. The van der Waals surface area contributed by atoms with Crippen molar-refractivity contribution < 1.29 is 0 Å². The van der Waals surface area contributed by atoms with E-state index in [1.165, 1.54) is 11.1 Å². The molecule has 0 fully saturated rings. The van der Waals surface area contributed by atoms with E-state index in [9.17, 15) is 0 Å². The van der Waals surface area contributed by atoms with Crippen molar-refractivity contribution in [3.8, 4) is 89.3 Å². The number of rotatable bonds is 8. The van der Waals surface area contributed by atoms with Gasteiger partial charge in [0, 0.05) is 58.2 Å². The van der Waals surface area contributed by atoms with Gasteiger partial charge in [0.2, 0.25) is 0 Å². The predicted octanol–water partition coefficient (Wildman–Crippen LogP) is 14.7. The van der Waals surface area contributed by atoms with Crippen LogP contribution in [0.15, 0.2) is 213 Å². The summed E-state index contributed by atoms with van der Waals surface area (Å²) in [7, 11) is 0. The number of benzene rings is 6. The fourth-order valence-corrected chi connectivity index (χ4v) is 8.82. The summed E-state index contributed by atoms with van der Waals surface area (Å²) in [6.45, 7) is 0. The molecule has 4 heteroatoms. The van der Waals surface area contributed by atoms with Crippen LogP contribution >= 0.6 is 0 Å². The third-order valence-electron chi connectivity index (χ3n) is 11.9. The third kappa shape index (κ3) is 7.08. The van der Waals surface area contributed by atoms with E-state index in [-0.39, 0.29) is 0 Å². The van der Waals surface area contributed by atoms with Crippen molar-refractivity contribution >= 4 is 17.1 Å². The summed E-state index contributed by atoms with van der Waals surface area (Å²) >= 11 is 0. The van der Waals surface area contributed by atoms with Crippen molar-refractivity contribution in [1.29, 1.82) is 0 Å². The maximum absolute atomic E-state index is 5.05. The van der Waals surface area contributed by atoms with Crippen LogP contribution in [0.5, 0.6) is 0 Å². The second kappa shape index (κ2) is 16.2. The van der Waals surface area contributed by atoms with Crippen LogP contribution in [0.25, 0.3) is 106 Å². The van der Waals surface area contributed by atoms with Crippen LogP contribution in [0.4, 0.5) is 0 Å². The summed E-state index contributed by atoms with van der Waals surface area (Å²) < 4.78 is 0. The lowest BCUT2D eigenvalue weighted by molar-refractivity contribution is 0.977. The van der Waals surface area contributed by atoms with E-state index in [0.29, 0.717) is 0 Å². The molecule has 0 saturated heterocycles. The van der Waals surface area contributed by atoms with E-state index < -0.39 is 0 Å². The molecule has 0 N–H and O–H groups in total. The highest BCUT2D eigenvalue weighted by Gasteiger charge is 2.18. The molecule has 62 heavy (non-hydrogen) atoms. The average Bonchev–Trinajstić information content (AvgIpc) is 3.36. The van der Waals surface area contributed by atoms with Gasteiger partial charge in [-0.2, -0.15) is 0 Å². The first-order chi connectivity index (χ1) is 30.7. The molecule has 0 unspecified atom stereocenters. The van der Waals surface area contributed by atoms with Crippen LogP contribution in [0.3, 0.4) is 0 Å². The smallest absolute Gasteiger partial charge is 0.0962 e. The van der Waals surface area contributed by atoms with E-state index >= 15 is 0 Å². The number of hydrogen-bond acceptors (Lipinski definition) is 4. The fourth-order valence-electron chi connectivity index (χ4n) is 8.82. The van der Waals surface area contributed by atoms with Gasteiger partial charge in [-0.3, -0.25) is 19.9 Å². The van der Waals surface area contributed by atoms with E-state index in [0.717, 1.165) is 113 Å². The van der Waals surface area contributed by atoms with Gasteiger partial charge in [0.15, 0.2) is 0 Å². The van der Waals surface area contributed by atoms with E-state index in [2.05, 4.69) is 182 Å². The molecule has 1 aliphatic rings. The first-order valence-electron chi connectivity index (χ1n) is 21.1. The number of aromatic nitrogens is 4. The maximum atomic E-state index is 5.05. The molecule has 0 bridgehead atoms. The average molecular weight is 793 g/mol. The summed E-state index contributed by atoms with van der Waals surface area (Å²) in [6.07, 6.45) is 14.5. The molecule has 0 radical (unpaired) electrons. The van der Waals surface area contributed by atoms with E-state index in [4.69, 9.17) is 19.9 Å². The van der Waals surface area contributed by atoms with Crippen LogP contribution in [-0.2, 0) is 6.42 Å². The highest BCUT2D eigenvalue weighted by molar-refractivity contribution is 5.96. The van der Waals surface area contributed by atoms with Crippen LogP contribution in [-0.4, -0.2) is 19.9 Å². The Kier molecular flexibility index (Phi) is 9.64. The molecule has 6 aromatic carbocycles. The van der Waals surface area contributed by atoms with Gasteiger partial charge >= 0.3 is 0 Å². The molecule has 0 spiro atoms. The first kappa shape index (κ1) is 37.0. The van der Waals surface area contributed by atoms with Gasteiger partial charge in [0.05, 0.1) is 22.4 Å². The highest BCUT2D eigenvalue weighted by Crippen LogP contribution is 2.42. The summed E-state index contributed by atoms with van der Waals surface area (Å²) in [5, 5.41) is 0. The maximum Gasteiger partial charge on any atom is 0.0962 e. The molecule has 10 aromatic rings. The Morgan fingerprint density at radius 3 is 1.23 bits per heavy atom. The number of pyridine rings is 4. The zero-order chi connectivity index (χ0) is 41.2. The van der Waals surface area contributed by atoms with Gasteiger partial charge in [-0.05, 0) is 105 Å². The van der Waals surface area contributed by atoms with Crippen LogP contribution in [0.1, 0.15) is 17.5 Å². The Labute approximate surface area is 361 Å². The summed E-state index contributed by atoms with van der Waals surface area (Å²) in [6, 6.07) is 64.4. The van der Waals surface area contributed by atoms with E-state index in [1.807, 2.05) is 36.9 Å². The van der Waals surface area contributed by atoms with Crippen molar-refractivity contribution in [2.24, 2.45) is 0 Å². The Hall–Kier alpha value is -8.08. The number of allylic oxidation sites excluding steroid dienone is 1. The number of aryl methyl sites for hydroxylation is 1. The van der Waals surface area contributed by atoms with Crippen molar-refractivity contribution in [3.63, 3.8) is 0 Å². The molecular formula is C58H40N4. The van der Waals surface area contributed by atoms with E-state index in [1.54, 1.807) is 0 Å². The quantitative estimate of drug-likeness (QED) is 0.154. The Balaban J connectivity index is 1.07. The summed E-state index contributed by atoms with van der Waals surface area (Å²) in [5.74, 6) is 0. The lowest BCUT2D eigenvalue weighted by Gasteiger charge is -2.18. The van der Waals surface area contributed by atoms with Gasteiger partial charge in [0.25, 0.3) is 0 Å². The molecule has 4 heterocycles. The minimum absolute atomic E-state index is 0.902. The highest BCUT2D eigenvalue weighted by atomic mass is 14.7. The topological polar surface area (TPSA) is 51.6 Å². The molecule has 11 rings (SSSR count). The van der Waals surface area contributed by atoms with Gasteiger partial charge < -0.3 is 0 Å². The van der Waals surface area contributed by atoms with Crippen LogP contribution in [0.2, 0.25) is 0 Å². The Morgan fingerprint density at radius 2 is 0.758 bits per heavy atom. The molecular weight excluding hydrogens is 753 g/mol. The SMILES string of the molecule is C1=Cc2c(cnc3cc(-c4ccccc4-c4cc(-c5ccccc5-c5ccc(-c6ccccc6)nc5)cc(-c5ccccc5-c5ccc(-c6ccccc6)nc5)c4)cnc23)CC1. The monoisotopic (exact) mass is 792 g/mol. The lowest BCUT2D eigenvalue weighted by Crippen LogP contribution is -1.99. The number of fused-ring (bicyclic) bond motifs is 3. The zero-order valence-electron chi connectivity index (χ0n) is 34.0. The second-order valence-electron chi connectivity index (χ2n) is 15.8. The molecule has 4 nitrogen and oxygen atoms in total. The molecule has 4 aromatic heterocycles. The van der Waals surface area contributed by atoms with Gasteiger partial charge in [-0.15, -0.1) is 0 Å². The van der Waals surface area contributed by atoms with Crippen LogP contribution < -0.4 is 0 Å². The normalized spacial score (nSPS) is 12.0. The van der Waals surface area contributed by atoms with Gasteiger partial charge in [0.1, 0.15) is 0 Å². The molecule has 292 valence electrons. The lowest BCUT2D eigenvalue weighted by atomic mass is 9.86. The molecule has 0 amide bonds. The fraction of sp³-hybridized carbons (Fsp3) is 0.0345. The minimum Gasteiger partial charge on any atom is -0.256 e. The third-order valence-corrected chi connectivity index (χ3v) is 11.9. The Bertz CT molecular complexity index is 3120. The molecule has 0 saturated carbocycles. The van der Waals surface area contributed by atoms with Gasteiger partial charge in [-0.25, -0.2) is 0 Å². The zero-order valence-corrected chi connectivity index (χ0v) is 34.0. The molecule has 0 atom stereocenters. The predicted molar refractivity (Wildman–Crippen MR) is 256 cm³/mol. The van der Waals surface area contributed by atoms with Crippen molar-refractivity contribution in [1.82, 2.24) is 19.9 Å². The summed E-state index contributed by atoms with van der Waals surface area (Å²) in [4.78, 5) is 19.8. The molecule has 0 aliphatic heterocycles. The van der Waals surface area contributed by atoms with Gasteiger partial charge in [-0.1, -0.05) is 158 Å². The first-order valence-corrected chi connectivity index (χ1v) is 21.1. The molecule has 1 aliphatic carbocycles. The second-order valence-corrected chi connectivity index (χ2v) is 15.8. The van der Waals surface area contributed by atoms with Crippen molar-refractivity contribution in [2.75, 3.05) is 0 Å². The number of hydrogen-bond donors (Lipinski definition) is 0. The largest absolute Gasteiger partial charge is 0.256 e. The van der Waals surface area contributed by atoms with Crippen LogP contribution in [0, 0.1) is 0 Å². The summed E-state index contributed by atoms with van der Waals surface area (Å²) in [5.41, 5.74) is 21.6. The van der Waals surface area contributed by atoms with Crippen molar-refractivity contribution in [3.05, 3.63) is 224 Å². The number of nitrogens with zero attached hydrogens (tertiary/aromatic N) is 4. The standard InChI is InChI=1S/C58H40N4/c1-3-15-39(16-4-1)55-29-27-42(36-59-55)48-20-9-11-22-50(48)44-31-45(51-23-12-10-21-49(51)43-28-30-56(60-37-43)40-17-5-2-6-18-40)33-46(32-44)52-24-13-14-25-53(52)47-34-57-58(62-38-47)54-26-8-7-19-41(54)35-61-57/h1-6,8-18,20-38H,7,19H2.